The van der Waals surface area contributed by atoms with E-state index in [9.17, 15) is 0 Å². The molecule has 22 heavy (non-hydrogen) atoms. The lowest BCUT2D eigenvalue weighted by molar-refractivity contribution is -0.207. The molecule has 0 bridgehead atoms. The van der Waals surface area contributed by atoms with Gasteiger partial charge in [0.25, 0.3) is 0 Å². The van der Waals surface area contributed by atoms with Gasteiger partial charge in [0.2, 0.25) is 0 Å². The van der Waals surface area contributed by atoms with Crippen LogP contribution < -0.4 is 0 Å². The normalized spacial score (nSPS) is 42.6. The minimum atomic E-state index is -0.595. The van der Waals surface area contributed by atoms with Gasteiger partial charge in [-0.25, -0.2) is 0 Å². The third kappa shape index (κ3) is 2.52. The second-order valence-electron chi connectivity index (χ2n) is 6.97. The molecule has 0 amide bonds. The molecule has 1 aromatic heterocycles. The molecule has 3 fully saturated rings. The Bertz CT molecular complexity index is 541. The highest BCUT2D eigenvalue weighted by atomic mass is 32.1. The molecule has 1 unspecified atom stereocenters. The molecule has 6 heteroatoms. The van der Waals surface area contributed by atoms with E-state index in [2.05, 4.69) is 11.4 Å². The maximum atomic E-state index is 6.30. The zero-order chi connectivity index (χ0) is 15.5. The fourth-order valence-corrected chi connectivity index (χ4v) is 4.28. The largest absolute Gasteiger partial charge is 0.361 e. The van der Waals surface area contributed by atoms with Gasteiger partial charge >= 0.3 is 0 Å². The Labute approximate surface area is 134 Å². The highest BCUT2D eigenvalue weighted by Crippen LogP contribution is 2.48. The number of thiophene rings is 1. The molecule has 122 valence electrons. The first-order valence-electron chi connectivity index (χ1n) is 7.71. The van der Waals surface area contributed by atoms with E-state index in [1.165, 1.54) is 0 Å². The van der Waals surface area contributed by atoms with Crippen molar-refractivity contribution in [2.24, 2.45) is 0 Å². The van der Waals surface area contributed by atoms with Crippen LogP contribution in [0.1, 0.15) is 38.7 Å². The second kappa shape index (κ2) is 5.00. The number of rotatable bonds is 2. The Morgan fingerprint density at radius 3 is 2.41 bits per heavy atom. The lowest BCUT2D eigenvalue weighted by Gasteiger charge is -2.26. The lowest BCUT2D eigenvalue weighted by Crippen LogP contribution is -2.40. The highest BCUT2D eigenvalue weighted by molar-refractivity contribution is 7.10. The van der Waals surface area contributed by atoms with Crippen LogP contribution in [0.5, 0.6) is 0 Å². The van der Waals surface area contributed by atoms with Crippen LogP contribution in [0.4, 0.5) is 0 Å². The van der Waals surface area contributed by atoms with Crippen molar-refractivity contribution < 1.29 is 23.7 Å². The van der Waals surface area contributed by atoms with Crippen molar-refractivity contribution in [1.82, 2.24) is 0 Å². The smallest absolute Gasteiger partial charge is 0.164 e. The molecule has 0 aliphatic carbocycles. The molecular weight excluding hydrogens is 304 g/mol. The number of hydrogen-bond donors (Lipinski definition) is 0. The first-order valence-corrected chi connectivity index (χ1v) is 8.59. The van der Waals surface area contributed by atoms with E-state index >= 15 is 0 Å². The van der Waals surface area contributed by atoms with Gasteiger partial charge in [0, 0.05) is 4.88 Å². The van der Waals surface area contributed by atoms with Gasteiger partial charge in [-0.15, -0.1) is 11.3 Å². The Hall–Kier alpha value is -0.500. The van der Waals surface area contributed by atoms with Gasteiger partial charge in [0.1, 0.15) is 30.5 Å². The van der Waals surface area contributed by atoms with Gasteiger partial charge in [-0.2, -0.15) is 0 Å². The van der Waals surface area contributed by atoms with Crippen LogP contribution in [-0.2, 0) is 23.7 Å². The molecule has 0 radical (unpaired) electrons. The molecule has 3 aliphatic heterocycles. The van der Waals surface area contributed by atoms with Gasteiger partial charge in [0.05, 0.1) is 6.61 Å². The third-order valence-corrected chi connectivity index (χ3v) is 5.24. The molecule has 1 aromatic rings. The minimum Gasteiger partial charge on any atom is -0.361 e. The van der Waals surface area contributed by atoms with E-state index in [-0.39, 0.29) is 30.5 Å². The Morgan fingerprint density at radius 1 is 1.00 bits per heavy atom. The zero-order valence-electron chi connectivity index (χ0n) is 13.3. The molecule has 4 heterocycles. The molecule has 3 saturated heterocycles. The Morgan fingerprint density at radius 2 is 1.77 bits per heavy atom. The molecule has 4 rings (SSSR count). The van der Waals surface area contributed by atoms with E-state index in [0.29, 0.717) is 6.61 Å². The molecule has 3 aliphatic rings. The standard InChI is InChI=1S/C16H22O5S/c1-15(2)17-8-9(19-15)11-13-14(21-16(3,4)20-13)12(18-11)10-6-5-7-22-10/h5-7,9,11-14H,8H2,1-4H3/t9?,11-,12-,13+,14-/m1/s1. The fraction of sp³-hybridized carbons (Fsp3) is 0.750. The van der Waals surface area contributed by atoms with Crippen molar-refractivity contribution in [3.63, 3.8) is 0 Å². The van der Waals surface area contributed by atoms with E-state index in [0.717, 1.165) is 4.88 Å². The lowest BCUT2D eigenvalue weighted by atomic mass is 10.0. The van der Waals surface area contributed by atoms with Crippen LogP contribution in [0.15, 0.2) is 17.5 Å². The van der Waals surface area contributed by atoms with Crippen LogP contribution in [-0.4, -0.2) is 42.6 Å². The zero-order valence-corrected chi connectivity index (χ0v) is 14.1. The third-order valence-electron chi connectivity index (χ3n) is 4.31. The summed E-state index contributed by atoms with van der Waals surface area (Å²) < 4.78 is 30.2. The summed E-state index contributed by atoms with van der Waals surface area (Å²) in [5.41, 5.74) is 0. The van der Waals surface area contributed by atoms with E-state index in [4.69, 9.17) is 23.7 Å². The van der Waals surface area contributed by atoms with E-state index in [1.54, 1.807) is 11.3 Å². The summed E-state index contributed by atoms with van der Waals surface area (Å²) in [6, 6.07) is 4.12. The first kappa shape index (κ1) is 15.1. The van der Waals surface area contributed by atoms with Crippen LogP contribution in [0.2, 0.25) is 0 Å². The van der Waals surface area contributed by atoms with Crippen molar-refractivity contribution >= 4 is 11.3 Å². The summed E-state index contributed by atoms with van der Waals surface area (Å²) in [6.07, 6.45) is -0.662. The van der Waals surface area contributed by atoms with Gasteiger partial charge in [-0.1, -0.05) is 6.07 Å². The van der Waals surface area contributed by atoms with Crippen LogP contribution in [0.3, 0.4) is 0 Å². The highest BCUT2D eigenvalue weighted by Gasteiger charge is 2.59. The minimum absolute atomic E-state index is 0.106. The maximum absolute atomic E-state index is 6.30. The van der Waals surface area contributed by atoms with Crippen molar-refractivity contribution in [3.05, 3.63) is 22.4 Å². The van der Waals surface area contributed by atoms with Crippen LogP contribution in [0, 0.1) is 0 Å². The number of hydrogen-bond acceptors (Lipinski definition) is 6. The molecule has 0 aromatic carbocycles. The van der Waals surface area contributed by atoms with Crippen molar-refractivity contribution in [2.45, 2.75) is 69.8 Å². The van der Waals surface area contributed by atoms with Crippen molar-refractivity contribution in [3.8, 4) is 0 Å². The van der Waals surface area contributed by atoms with E-state index in [1.807, 2.05) is 33.8 Å². The average molecular weight is 326 g/mol. The first-order chi connectivity index (χ1) is 10.3. The number of fused-ring (bicyclic) bond motifs is 1. The Balaban J connectivity index is 1.60. The van der Waals surface area contributed by atoms with Gasteiger partial charge in [0.15, 0.2) is 11.6 Å². The molecule has 5 atom stereocenters. The Kier molecular flexibility index (Phi) is 3.42. The molecule has 0 N–H and O–H groups in total. The SMILES string of the molecule is CC1(C)OCC([C@H]2O[C@H](c3cccs3)[C@H]3OC(C)(C)O[C@H]32)O1. The predicted molar refractivity (Wildman–Crippen MR) is 80.7 cm³/mol. The second-order valence-corrected chi connectivity index (χ2v) is 7.95. The summed E-state index contributed by atoms with van der Waals surface area (Å²) in [6.45, 7) is 8.26. The molecule has 0 saturated carbocycles. The maximum Gasteiger partial charge on any atom is 0.164 e. The van der Waals surface area contributed by atoms with Gasteiger partial charge in [-0.05, 0) is 39.1 Å². The van der Waals surface area contributed by atoms with Crippen LogP contribution in [0.25, 0.3) is 0 Å². The summed E-state index contributed by atoms with van der Waals surface area (Å²) in [5, 5.41) is 2.06. The van der Waals surface area contributed by atoms with Crippen molar-refractivity contribution in [1.29, 1.82) is 0 Å². The summed E-state index contributed by atoms with van der Waals surface area (Å²) in [5.74, 6) is -1.17. The monoisotopic (exact) mass is 326 g/mol. The van der Waals surface area contributed by atoms with E-state index < -0.39 is 11.6 Å². The topological polar surface area (TPSA) is 46.2 Å². The number of ether oxygens (including phenoxy) is 5. The summed E-state index contributed by atoms with van der Waals surface area (Å²) in [4.78, 5) is 1.16. The average Bonchev–Trinajstić information content (AvgIpc) is 3.12. The van der Waals surface area contributed by atoms with Gasteiger partial charge < -0.3 is 23.7 Å². The quantitative estimate of drug-likeness (QED) is 0.836. The van der Waals surface area contributed by atoms with Gasteiger partial charge in [-0.3, -0.25) is 0 Å². The fourth-order valence-electron chi connectivity index (χ4n) is 3.49. The van der Waals surface area contributed by atoms with Crippen molar-refractivity contribution in [2.75, 3.05) is 6.61 Å². The molecule has 5 nitrogen and oxygen atoms in total. The molecule has 0 spiro atoms. The molecular formula is C16H22O5S. The summed E-state index contributed by atoms with van der Waals surface area (Å²) in [7, 11) is 0. The predicted octanol–water partition coefficient (Wildman–Crippen LogP) is 2.86. The summed E-state index contributed by atoms with van der Waals surface area (Å²) >= 11 is 1.68. The van der Waals surface area contributed by atoms with Crippen LogP contribution >= 0.6 is 11.3 Å².